The molecular formula is C28H35N3O5S. The Morgan fingerprint density at radius 1 is 1.11 bits per heavy atom. The van der Waals surface area contributed by atoms with Crippen molar-refractivity contribution in [3.05, 3.63) is 65.2 Å². The quantitative estimate of drug-likeness (QED) is 0.508. The standard InChI is InChI=1S/C28H35N3O5S/c1-3-24(27(33)29-22-12-4-5-13-22)30(19-21-11-8-10-20(2)18-21)26(32)16-9-17-31-28(34)23-14-6-7-15-25(23)37(31,35)36/h6-8,10-11,14-15,18,22,24H,3-5,9,12-13,16-17,19H2,1-2H3,(H,29,33). The van der Waals surface area contributed by atoms with Crippen molar-refractivity contribution in [3.8, 4) is 0 Å². The summed E-state index contributed by atoms with van der Waals surface area (Å²) in [4.78, 5) is 41.0. The van der Waals surface area contributed by atoms with Crippen LogP contribution in [0.5, 0.6) is 0 Å². The van der Waals surface area contributed by atoms with E-state index in [1.165, 1.54) is 12.1 Å². The molecule has 8 nitrogen and oxygen atoms in total. The summed E-state index contributed by atoms with van der Waals surface area (Å²) in [6.07, 6.45) is 4.75. The number of fused-ring (bicyclic) bond motifs is 1. The molecule has 1 unspecified atom stereocenters. The molecule has 1 fully saturated rings. The molecule has 1 atom stereocenters. The summed E-state index contributed by atoms with van der Waals surface area (Å²) >= 11 is 0. The molecule has 3 amide bonds. The van der Waals surface area contributed by atoms with Crippen molar-refractivity contribution in [3.63, 3.8) is 0 Å². The number of hydrogen-bond donors (Lipinski definition) is 1. The molecule has 2 aromatic carbocycles. The Labute approximate surface area is 219 Å². The van der Waals surface area contributed by atoms with E-state index in [1.807, 2.05) is 38.1 Å². The SMILES string of the molecule is CCC(C(=O)NC1CCCC1)N(Cc1cccc(C)c1)C(=O)CCCN1C(=O)c2ccccc2S1(=O)=O. The smallest absolute Gasteiger partial charge is 0.269 e. The largest absolute Gasteiger partial charge is 0.352 e. The van der Waals surface area contributed by atoms with E-state index >= 15 is 0 Å². The second kappa shape index (κ2) is 11.5. The van der Waals surface area contributed by atoms with Gasteiger partial charge in [0.25, 0.3) is 15.9 Å². The minimum absolute atomic E-state index is 0.00188. The molecule has 0 saturated heterocycles. The van der Waals surface area contributed by atoms with E-state index in [4.69, 9.17) is 0 Å². The topological polar surface area (TPSA) is 104 Å². The number of nitrogens with zero attached hydrogens (tertiary/aromatic N) is 2. The van der Waals surface area contributed by atoms with Crippen LogP contribution < -0.4 is 5.32 Å². The first-order valence-corrected chi connectivity index (χ1v) is 14.5. The van der Waals surface area contributed by atoms with Gasteiger partial charge in [-0.15, -0.1) is 0 Å². The molecule has 2 aromatic rings. The fraction of sp³-hybridized carbons (Fsp3) is 0.464. The molecule has 0 bridgehead atoms. The van der Waals surface area contributed by atoms with Crippen molar-refractivity contribution in [1.29, 1.82) is 0 Å². The van der Waals surface area contributed by atoms with E-state index in [-0.39, 0.29) is 54.2 Å². The van der Waals surface area contributed by atoms with E-state index < -0.39 is 22.0 Å². The van der Waals surface area contributed by atoms with Gasteiger partial charge < -0.3 is 10.2 Å². The number of carbonyl (C=O) groups excluding carboxylic acids is 3. The molecule has 1 saturated carbocycles. The zero-order valence-corrected chi connectivity index (χ0v) is 22.3. The number of benzene rings is 2. The van der Waals surface area contributed by atoms with Gasteiger partial charge in [-0.25, -0.2) is 12.7 Å². The van der Waals surface area contributed by atoms with Crippen LogP contribution in [0.15, 0.2) is 53.4 Å². The summed E-state index contributed by atoms with van der Waals surface area (Å²) in [5, 5.41) is 3.12. The van der Waals surface area contributed by atoms with Gasteiger partial charge in [0.15, 0.2) is 0 Å². The number of nitrogens with one attached hydrogen (secondary N) is 1. The van der Waals surface area contributed by atoms with Crippen LogP contribution in [0.4, 0.5) is 0 Å². The lowest BCUT2D eigenvalue weighted by molar-refractivity contribution is -0.141. The number of carbonyl (C=O) groups is 3. The van der Waals surface area contributed by atoms with Crippen LogP contribution in [0.2, 0.25) is 0 Å². The highest BCUT2D eigenvalue weighted by atomic mass is 32.2. The van der Waals surface area contributed by atoms with Gasteiger partial charge in [0.05, 0.1) is 5.56 Å². The number of aryl methyl sites for hydroxylation is 1. The van der Waals surface area contributed by atoms with Crippen LogP contribution >= 0.6 is 0 Å². The van der Waals surface area contributed by atoms with E-state index in [9.17, 15) is 22.8 Å². The summed E-state index contributed by atoms with van der Waals surface area (Å²) in [6.45, 7) is 4.06. The van der Waals surface area contributed by atoms with Crippen molar-refractivity contribution in [2.45, 2.75) is 82.3 Å². The summed E-state index contributed by atoms with van der Waals surface area (Å²) in [7, 11) is -3.92. The van der Waals surface area contributed by atoms with Crippen LogP contribution in [-0.4, -0.2) is 54.0 Å². The van der Waals surface area contributed by atoms with Crippen molar-refractivity contribution in [2.75, 3.05) is 6.54 Å². The molecule has 0 spiro atoms. The van der Waals surface area contributed by atoms with E-state index in [0.717, 1.165) is 41.1 Å². The molecule has 4 rings (SSSR count). The molecular weight excluding hydrogens is 490 g/mol. The van der Waals surface area contributed by atoms with Gasteiger partial charge in [0.1, 0.15) is 10.9 Å². The Kier molecular flexibility index (Phi) is 8.32. The van der Waals surface area contributed by atoms with Gasteiger partial charge in [0.2, 0.25) is 11.8 Å². The summed E-state index contributed by atoms with van der Waals surface area (Å²) in [5.41, 5.74) is 2.14. The third kappa shape index (κ3) is 5.87. The molecule has 37 heavy (non-hydrogen) atoms. The predicted octanol–water partition coefficient (Wildman–Crippen LogP) is 3.79. The van der Waals surface area contributed by atoms with E-state index in [2.05, 4.69) is 5.32 Å². The third-order valence-corrected chi connectivity index (χ3v) is 9.03. The van der Waals surface area contributed by atoms with Gasteiger partial charge >= 0.3 is 0 Å². The first-order chi connectivity index (χ1) is 17.7. The monoisotopic (exact) mass is 525 g/mol. The first-order valence-electron chi connectivity index (χ1n) is 13.0. The second-order valence-corrected chi connectivity index (χ2v) is 11.7. The molecule has 9 heteroatoms. The van der Waals surface area contributed by atoms with Gasteiger partial charge in [-0.2, -0.15) is 0 Å². The highest BCUT2D eigenvalue weighted by molar-refractivity contribution is 7.90. The Hall–Kier alpha value is -3.20. The minimum atomic E-state index is -3.92. The zero-order chi connectivity index (χ0) is 26.6. The normalized spacial score (nSPS) is 17.5. The summed E-state index contributed by atoms with van der Waals surface area (Å²) in [6, 6.07) is 13.5. The Morgan fingerprint density at radius 3 is 2.51 bits per heavy atom. The number of hydrogen-bond acceptors (Lipinski definition) is 5. The highest BCUT2D eigenvalue weighted by Crippen LogP contribution is 2.30. The lowest BCUT2D eigenvalue weighted by Crippen LogP contribution is -2.51. The van der Waals surface area contributed by atoms with Crippen LogP contribution in [-0.2, 0) is 26.2 Å². The zero-order valence-electron chi connectivity index (χ0n) is 21.5. The first kappa shape index (κ1) is 26.9. The molecule has 198 valence electrons. The maximum absolute atomic E-state index is 13.5. The van der Waals surface area contributed by atoms with E-state index in [1.54, 1.807) is 17.0 Å². The number of amides is 3. The van der Waals surface area contributed by atoms with Gasteiger partial charge in [0, 0.05) is 25.6 Å². The predicted molar refractivity (Wildman–Crippen MR) is 140 cm³/mol. The van der Waals surface area contributed by atoms with Crippen LogP contribution in [0, 0.1) is 6.92 Å². The molecule has 2 aliphatic rings. The number of rotatable bonds is 10. The summed E-state index contributed by atoms with van der Waals surface area (Å²) < 4.78 is 26.5. The average molecular weight is 526 g/mol. The van der Waals surface area contributed by atoms with E-state index in [0.29, 0.717) is 6.42 Å². The minimum Gasteiger partial charge on any atom is -0.352 e. The summed E-state index contributed by atoms with van der Waals surface area (Å²) in [5.74, 6) is -0.957. The van der Waals surface area contributed by atoms with Gasteiger partial charge in [-0.3, -0.25) is 14.4 Å². The fourth-order valence-corrected chi connectivity index (χ4v) is 6.87. The third-order valence-electron chi connectivity index (χ3n) is 7.19. The molecule has 1 heterocycles. The van der Waals surface area contributed by atoms with Crippen LogP contribution in [0.3, 0.4) is 0 Å². The average Bonchev–Trinajstić information content (AvgIpc) is 3.44. The number of sulfonamides is 1. The lowest BCUT2D eigenvalue weighted by Gasteiger charge is -2.32. The maximum atomic E-state index is 13.5. The second-order valence-electron chi connectivity index (χ2n) is 9.91. The highest BCUT2D eigenvalue weighted by Gasteiger charge is 2.40. The maximum Gasteiger partial charge on any atom is 0.269 e. The Morgan fingerprint density at radius 2 is 1.84 bits per heavy atom. The Bertz CT molecular complexity index is 1270. The van der Waals surface area contributed by atoms with Crippen LogP contribution in [0.25, 0.3) is 0 Å². The lowest BCUT2D eigenvalue weighted by atomic mass is 10.1. The van der Waals surface area contributed by atoms with Crippen molar-refractivity contribution >= 4 is 27.7 Å². The van der Waals surface area contributed by atoms with Gasteiger partial charge in [-0.05, 0) is 50.3 Å². The molecule has 0 aromatic heterocycles. The fourth-order valence-electron chi connectivity index (χ4n) is 5.26. The van der Waals surface area contributed by atoms with Crippen molar-refractivity contribution in [2.24, 2.45) is 0 Å². The molecule has 0 radical (unpaired) electrons. The van der Waals surface area contributed by atoms with Crippen LogP contribution in [0.1, 0.15) is 73.4 Å². The molecule has 1 N–H and O–H groups in total. The van der Waals surface area contributed by atoms with Crippen molar-refractivity contribution < 1.29 is 22.8 Å². The molecule has 1 aliphatic carbocycles. The molecule has 1 aliphatic heterocycles. The van der Waals surface area contributed by atoms with Crippen molar-refractivity contribution in [1.82, 2.24) is 14.5 Å². The Balaban J connectivity index is 1.47. The van der Waals surface area contributed by atoms with Gasteiger partial charge in [-0.1, -0.05) is 61.7 Å².